The Hall–Kier alpha value is -1.90. The number of benzene rings is 1. The van der Waals surface area contributed by atoms with Crippen LogP contribution in [-0.4, -0.2) is 11.7 Å². The van der Waals surface area contributed by atoms with Crippen molar-refractivity contribution in [3.63, 3.8) is 0 Å². The molecule has 0 spiro atoms. The Kier molecular flexibility index (Phi) is 2.71. The molecule has 0 unspecified atom stereocenters. The van der Waals surface area contributed by atoms with Crippen LogP contribution >= 0.6 is 0 Å². The van der Waals surface area contributed by atoms with Crippen molar-refractivity contribution in [2.45, 2.75) is 0 Å². The zero-order valence-corrected chi connectivity index (χ0v) is 7.83. The van der Waals surface area contributed by atoms with Gasteiger partial charge in [0, 0.05) is 24.1 Å². The first kappa shape index (κ1) is 8.69. The van der Waals surface area contributed by atoms with E-state index in [9.17, 15) is 0 Å². The molecule has 0 amide bonds. The minimum atomic E-state index is 0.889. The molecule has 3 rings (SSSR count). The van der Waals surface area contributed by atoms with Crippen molar-refractivity contribution in [2.75, 3.05) is 6.67 Å². The molecule has 1 aromatic carbocycles. The molecule has 1 aromatic heterocycles. The second-order valence-electron chi connectivity index (χ2n) is 2.98. The molecule has 1 aliphatic rings. The SMILES string of the molecule is C1=CNCN1.c1ccc2[nH]ccc2c1. The van der Waals surface area contributed by atoms with Crippen molar-refractivity contribution >= 4 is 10.9 Å². The van der Waals surface area contributed by atoms with E-state index in [1.807, 2.05) is 30.7 Å². The maximum atomic E-state index is 3.12. The van der Waals surface area contributed by atoms with Crippen molar-refractivity contribution in [1.29, 1.82) is 0 Å². The third-order valence-corrected chi connectivity index (χ3v) is 1.99. The Morgan fingerprint density at radius 3 is 2.36 bits per heavy atom. The molecule has 2 heterocycles. The van der Waals surface area contributed by atoms with E-state index in [0.29, 0.717) is 0 Å². The van der Waals surface area contributed by atoms with E-state index in [1.54, 1.807) is 0 Å². The summed E-state index contributed by atoms with van der Waals surface area (Å²) in [5.74, 6) is 0. The summed E-state index contributed by atoms with van der Waals surface area (Å²) in [6, 6.07) is 10.3. The molecule has 14 heavy (non-hydrogen) atoms. The van der Waals surface area contributed by atoms with Crippen molar-refractivity contribution in [3.8, 4) is 0 Å². The van der Waals surface area contributed by atoms with Gasteiger partial charge in [0.25, 0.3) is 0 Å². The number of aromatic nitrogens is 1. The lowest BCUT2D eigenvalue weighted by Crippen LogP contribution is -2.10. The van der Waals surface area contributed by atoms with Gasteiger partial charge in [-0.05, 0) is 17.5 Å². The average molecular weight is 187 g/mol. The molecular weight excluding hydrogens is 174 g/mol. The van der Waals surface area contributed by atoms with Crippen molar-refractivity contribution < 1.29 is 0 Å². The van der Waals surface area contributed by atoms with Crippen molar-refractivity contribution in [3.05, 3.63) is 48.9 Å². The highest BCUT2D eigenvalue weighted by Crippen LogP contribution is 2.09. The van der Waals surface area contributed by atoms with Crippen molar-refractivity contribution in [2.24, 2.45) is 0 Å². The molecule has 0 saturated carbocycles. The number of rotatable bonds is 0. The second kappa shape index (κ2) is 4.37. The van der Waals surface area contributed by atoms with Gasteiger partial charge in [-0.15, -0.1) is 0 Å². The average Bonchev–Trinajstić information content (AvgIpc) is 2.92. The topological polar surface area (TPSA) is 39.8 Å². The summed E-state index contributed by atoms with van der Waals surface area (Å²) in [5.41, 5.74) is 1.21. The number of para-hydroxylation sites is 1. The zero-order chi connectivity index (χ0) is 9.64. The number of hydrogen-bond donors (Lipinski definition) is 3. The van der Waals surface area contributed by atoms with E-state index in [4.69, 9.17) is 0 Å². The number of fused-ring (bicyclic) bond motifs is 1. The van der Waals surface area contributed by atoms with Crippen LogP contribution in [0.1, 0.15) is 0 Å². The number of H-pyrrole nitrogens is 1. The summed E-state index contributed by atoms with van der Waals surface area (Å²) in [5, 5.41) is 7.14. The molecule has 0 fully saturated rings. The summed E-state index contributed by atoms with van der Waals surface area (Å²) >= 11 is 0. The van der Waals surface area contributed by atoms with Gasteiger partial charge in [-0.2, -0.15) is 0 Å². The normalized spacial score (nSPS) is 12.9. The van der Waals surface area contributed by atoms with E-state index < -0.39 is 0 Å². The van der Waals surface area contributed by atoms with Gasteiger partial charge in [-0.1, -0.05) is 18.2 Å². The fourth-order valence-corrected chi connectivity index (χ4v) is 1.29. The quantitative estimate of drug-likeness (QED) is 0.588. The number of aromatic amines is 1. The first-order valence-electron chi connectivity index (χ1n) is 4.61. The van der Waals surface area contributed by atoms with Crippen LogP contribution in [0.4, 0.5) is 0 Å². The maximum absolute atomic E-state index is 3.12. The van der Waals surface area contributed by atoms with Gasteiger partial charge in [0.2, 0.25) is 0 Å². The van der Waals surface area contributed by atoms with Gasteiger partial charge < -0.3 is 15.6 Å². The smallest absolute Gasteiger partial charge is 0.0840 e. The van der Waals surface area contributed by atoms with Crippen LogP contribution in [0.5, 0.6) is 0 Å². The van der Waals surface area contributed by atoms with Crippen LogP contribution in [-0.2, 0) is 0 Å². The van der Waals surface area contributed by atoms with Crippen LogP contribution < -0.4 is 10.6 Å². The lowest BCUT2D eigenvalue weighted by Gasteiger charge is -1.83. The Labute approximate surface area is 82.8 Å². The minimum Gasteiger partial charge on any atom is -0.373 e. The fraction of sp³-hybridized carbons (Fsp3) is 0.0909. The molecule has 0 radical (unpaired) electrons. The van der Waals surface area contributed by atoms with Gasteiger partial charge in [-0.25, -0.2) is 0 Å². The second-order valence-corrected chi connectivity index (χ2v) is 2.98. The van der Waals surface area contributed by atoms with Gasteiger partial charge >= 0.3 is 0 Å². The molecule has 3 N–H and O–H groups in total. The summed E-state index contributed by atoms with van der Waals surface area (Å²) in [7, 11) is 0. The molecule has 2 aromatic rings. The predicted octanol–water partition coefficient (Wildman–Crippen LogP) is 1.78. The zero-order valence-electron chi connectivity index (χ0n) is 7.83. The molecule has 0 atom stereocenters. The first-order chi connectivity index (χ1) is 6.97. The van der Waals surface area contributed by atoms with E-state index in [0.717, 1.165) is 6.67 Å². The van der Waals surface area contributed by atoms with Crippen LogP contribution in [0.2, 0.25) is 0 Å². The third kappa shape index (κ3) is 2.07. The molecule has 0 saturated heterocycles. The fourth-order valence-electron chi connectivity index (χ4n) is 1.29. The monoisotopic (exact) mass is 187 g/mol. The van der Waals surface area contributed by atoms with Crippen LogP contribution in [0.15, 0.2) is 48.9 Å². The lowest BCUT2D eigenvalue weighted by molar-refractivity contribution is 0.836. The summed E-state index contributed by atoms with van der Waals surface area (Å²) in [6.45, 7) is 0.889. The van der Waals surface area contributed by atoms with Crippen LogP contribution in [0.25, 0.3) is 10.9 Å². The third-order valence-electron chi connectivity index (χ3n) is 1.99. The van der Waals surface area contributed by atoms with Crippen LogP contribution in [0, 0.1) is 0 Å². The number of nitrogens with one attached hydrogen (secondary N) is 3. The lowest BCUT2D eigenvalue weighted by atomic mass is 10.3. The van der Waals surface area contributed by atoms with Crippen molar-refractivity contribution in [1.82, 2.24) is 15.6 Å². The molecule has 0 aliphatic carbocycles. The molecule has 0 bridgehead atoms. The Morgan fingerprint density at radius 1 is 0.929 bits per heavy atom. The predicted molar refractivity (Wildman–Crippen MR) is 58.6 cm³/mol. The van der Waals surface area contributed by atoms with Crippen LogP contribution in [0.3, 0.4) is 0 Å². The highest BCUT2D eigenvalue weighted by molar-refractivity contribution is 5.78. The summed E-state index contributed by atoms with van der Waals surface area (Å²) in [6.07, 6.45) is 5.70. The number of hydrogen-bond acceptors (Lipinski definition) is 2. The molecule has 3 nitrogen and oxygen atoms in total. The van der Waals surface area contributed by atoms with Gasteiger partial charge in [0.15, 0.2) is 0 Å². The Balaban J connectivity index is 0.000000128. The van der Waals surface area contributed by atoms with E-state index in [2.05, 4.69) is 33.8 Å². The Bertz CT molecular complexity index is 381. The summed E-state index contributed by atoms with van der Waals surface area (Å²) in [4.78, 5) is 3.12. The van der Waals surface area contributed by atoms with Gasteiger partial charge in [-0.3, -0.25) is 0 Å². The molecular formula is C11H13N3. The van der Waals surface area contributed by atoms with Gasteiger partial charge in [0.05, 0.1) is 6.67 Å². The van der Waals surface area contributed by atoms with Gasteiger partial charge in [0.1, 0.15) is 0 Å². The molecule has 1 aliphatic heterocycles. The Morgan fingerprint density at radius 2 is 1.71 bits per heavy atom. The van der Waals surface area contributed by atoms with E-state index in [1.165, 1.54) is 10.9 Å². The standard InChI is InChI=1S/C8H7N.C3H6N2/c1-2-4-8-7(3-1)5-6-9-8;1-2-5-3-4-1/h1-6,9H;1-2,4-5H,3H2. The molecule has 3 heteroatoms. The minimum absolute atomic E-state index is 0.889. The highest BCUT2D eigenvalue weighted by atomic mass is 15.1. The molecule has 72 valence electrons. The summed E-state index contributed by atoms with van der Waals surface area (Å²) < 4.78 is 0. The first-order valence-corrected chi connectivity index (χ1v) is 4.61. The maximum Gasteiger partial charge on any atom is 0.0840 e. The van der Waals surface area contributed by atoms with E-state index >= 15 is 0 Å². The largest absolute Gasteiger partial charge is 0.373 e. The highest BCUT2D eigenvalue weighted by Gasteiger charge is 1.86. The van der Waals surface area contributed by atoms with E-state index in [-0.39, 0.29) is 0 Å².